The van der Waals surface area contributed by atoms with Crippen LogP contribution in [-0.4, -0.2) is 28.2 Å². The molecule has 1 heterocycles. The normalized spacial score (nSPS) is 45.3. The van der Waals surface area contributed by atoms with Crippen molar-refractivity contribution >= 4 is 0 Å². The Balaban J connectivity index is 1.49. The smallest absolute Gasteiger partial charge is 0.0668 e. The van der Waals surface area contributed by atoms with Gasteiger partial charge in [0.25, 0.3) is 0 Å². The van der Waals surface area contributed by atoms with Crippen LogP contribution in [0.1, 0.15) is 66.2 Å². The van der Waals surface area contributed by atoms with E-state index in [-0.39, 0.29) is 11.1 Å². The largest absolute Gasteiger partial charge is 0.307 e. The molecule has 5 rings (SSSR count). The van der Waals surface area contributed by atoms with E-state index in [4.69, 9.17) is 0 Å². The molecule has 4 bridgehead atoms. The van der Waals surface area contributed by atoms with Crippen molar-refractivity contribution in [2.24, 2.45) is 17.8 Å². The predicted molar refractivity (Wildman–Crippen MR) is 87.7 cm³/mol. The van der Waals surface area contributed by atoms with E-state index in [0.717, 1.165) is 24.3 Å². The zero-order valence-electron chi connectivity index (χ0n) is 14.6. The molecular formula is C19H31N2O. The van der Waals surface area contributed by atoms with Gasteiger partial charge in [0.1, 0.15) is 0 Å². The zero-order chi connectivity index (χ0) is 15.8. The number of nitrogens with one attached hydrogen (secondary N) is 1. The number of nitrogens with zero attached hydrogens (tertiary/aromatic N) is 1. The standard InChI is InChI=1S/C19H31N2O/c1-17(2)11-16(18(3,4)21(17)22)12-20-19-8-13-5-14(9-19)7-15(6-13)10-19/h11,13-15,20H,5-10,12H2,1-4H3. The maximum absolute atomic E-state index is 12.5. The van der Waals surface area contributed by atoms with Gasteiger partial charge in [-0.2, -0.15) is 0 Å². The van der Waals surface area contributed by atoms with Gasteiger partial charge in [0.05, 0.1) is 11.1 Å². The van der Waals surface area contributed by atoms with Crippen molar-refractivity contribution in [3.8, 4) is 0 Å². The van der Waals surface area contributed by atoms with Crippen LogP contribution >= 0.6 is 0 Å². The molecule has 0 aromatic rings. The van der Waals surface area contributed by atoms with Crippen LogP contribution in [0.2, 0.25) is 0 Å². The Labute approximate surface area is 135 Å². The van der Waals surface area contributed by atoms with Crippen molar-refractivity contribution in [3.63, 3.8) is 0 Å². The van der Waals surface area contributed by atoms with Crippen LogP contribution in [0.3, 0.4) is 0 Å². The molecule has 4 saturated carbocycles. The van der Waals surface area contributed by atoms with E-state index in [9.17, 15) is 5.21 Å². The predicted octanol–water partition coefficient (Wildman–Crippen LogP) is 3.69. The summed E-state index contributed by atoms with van der Waals surface area (Å²) in [5.41, 5.74) is 0.913. The molecule has 3 heteroatoms. The molecule has 0 aromatic heterocycles. The van der Waals surface area contributed by atoms with Crippen LogP contribution in [0.15, 0.2) is 11.6 Å². The highest BCUT2D eigenvalue weighted by atomic mass is 16.5. The van der Waals surface area contributed by atoms with E-state index in [1.807, 2.05) is 13.8 Å². The van der Waals surface area contributed by atoms with Crippen LogP contribution in [0.25, 0.3) is 0 Å². The summed E-state index contributed by atoms with van der Waals surface area (Å²) in [5, 5.41) is 17.7. The van der Waals surface area contributed by atoms with Crippen molar-refractivity contribution < 1.29 is 5.21 Å². The summed E-state index contributed by atoms with van der Waals surface area (Å²) in [7, 11) is 0. The van der Waals surface area contributed by atoms with Gasteiger partial charge in [-0.15, -0.1) is 10.3 Å². The fraction of sp³-hybridized carbons (Fsp3) is 0.895. The Bertz CT molecular complexity index is 470. The fourth-order valence-electron chi connectivity index (χ4n) is 6.39. The first-order valence-corrected chi connectivity index (χ1v) is 9.15. The zero-order valence-corrected chi connectivity index (χ0v) is 14.6. The molecule has 5 aliphatic rings. The molecule has 0 amide bonds. The molecule has 1 radical (unpaired) electrons. The van der Waals surface area contributed by atoms with Crippen LogP contribution < -0.4 is 5.32 Å². The van der Waals surface area contributed by atoms with Gasteiger partial charge in [-0.05, 0) is 89.5 Å². The summed E-state index contributed by atoms with van der Waals surface area (Å²) in [6, 6.07) is 0. The van der Waals surface area contributed by atoms with E-state index >= 15 is 0 Å². The van der Waals surface area contributed by atoms with Crippen molar-refractivity contribution in [2.75, 3.05) is 6.54 Å². The summed E-state index contributed by atoms with van der Waals surface area (Å²) >= 11 is 0. The summed E-state index contributed by atoms with van der Waals surface area (Å²) in [6.07, 6.45) is 10.8. The second-order valence-electron chi connectivity index (χ2n) is 9.73. The number of hydroxylamine groups is 2. The van der Waals surface area contributed by atoms with Crippen molar-refractivity contribution in [1.82, 2.24) is 10.4 Å². The Hall–Kier alpha value is -0.380. The average molecular weight is 303 g/mol. The third-order valence-corrected chi connectivity index (χ3v) is 7.04. The lowest BCUT2D eigenvalue weighted by atomic mass is 9.53. The SMILES string of the molecule is CC1(C)C=C(CNC23CC4CC(CC(C4)C2)C3)C(C)(C)N1[O]. The average Bonchev–Trinajstić information content (AvgIpc) is 2.55. The van der Waals surface area contributed by atoms with Gasteiger partial charge in [0.2, 0.25) is 0 Å². The third-order valence-electron chi connectivity index (χ3n) is 7.04. The van der Waals surface area contributed by atoms with Crippen molar-refractivity contribution in [1.29, 1.82) is 0 Å². The quantitative estimate of drug-likeness (QED) is 0.807. The molecule has 0 aromatic carbocycles. The topological polar surface area (TPSA) is 35.2 Å². The van der Waals surface area contributed by atoms with Crippen molar-refractivity contribution in [2.45, 2.75) is 82.8 Å². The highest BCUT2D eigenvalue weighted by Gasteiger charge is 2.52. The Morgan fingerprint density at radius 2 is 1.55 bits per heavy atom. The summed E-state index contributed by atoms with van der Waals surface area (Å²) < 4.78 is 0. The molecule has 1 aliphatic heterocycles. The Morgan fingerprint density at radius 1 is 1.05 bits per heavy atom. The van der Waals surface area contributed by atoms with E-state index in [1.165, 1.54) is 49.2 Å². The molecule has 0 saturated heterocycles. The maximum Gasteiger partial charge on any atom is 0.0668 e. The molecule has 0 spiro atoms. The highest BCUT2D eigenvalue weighted by molar-refractivity contribution is 5.31. The maximum atomic E-state index is 12.5. The molecule has 3 nitrogen and oxygen atoms in total. The van der Waals surface area contributed by atoms with Gasteiger partial charge >= 0.3 is 0 Å². The second kappa shape index (κ2) is 4.58. The lowest BCUT2D eigenvalue weighted by Gasteiger charge is -2.57. The number of hydrogen-bond acceptors (Lipinski definition) is 2. The Morgan fingerprint density at radius 3 is 1.95 bits per heavy atom. The number of rotatable bonds is 3. The van der Waals surface area contributed by atoms with Gasteiger partial charge in [-0.25, -0.2) is 0 Å². The van der Waals surface area contributed by atoms with Gasteiger partial charge in [0, 0.05) is 12.1 Å². The van der Waals surface area contributed by atoms with E-state index in [1.54, 1.807) is 0 Å². The third kappa shape index (κ3) is 2.20. The second-order valence-corrected chi connectivity index (χ2v) is 9.73. The van der Waals surface area contributed by atoms with Crippen LogP contribution in [-0.2, 0) is 5.21 Å². The lowest BCUT2D eigenvalue weighted by Crippen LogP contribution is -2.59. The highest BCUT2D eigenvalue weighted by Crippen LogP contribution is 2.55. The molecular weight excluding hydrogens is 272 g/mol. The van der Waals surface area contributed by atoms with Gasteiger partial charge in [-0.3, -0.25) is 0 Å². The fourth-order valence-corrected chi connectivity index (χ4v) is 6.39. The molecule has 0 atom stereocenters. The molecule has 0 unspecified atom stereocenters. The minimum atomic E-state index is -0.376. The van der Waals surface area contributed by atoms with Crippen molar-refractivity contribution in [3.05, 3.63) is 11.6 Å². The Kier molecular flexibility index (Phi) is 3.16. The van der Waals surface area contributed by atoms with Crippen LogP contribution in [0.4, 0.5) is 0 Å². The minimum Gasteiger partial charge on any atom is -0.307 e. The van der Waals surface area contributed by atoms with Gasteiger partial charge in [0.15, 0.2) is 0 Å². The number of hydrogen-bond donors (Lipinski definition) is 1. The van der Waals surface area contributed by atoms with Crippen LogP contribution in [0, 0.1) is 17.8 Å². The first kappa shape index (κ1) is 15.2. The summed E-state index contributed by atoms with van der Waals surface area (Å²) in [5.74, 6) is 2.91. The van der Waals surface area contributed by atoms with E-state index in [0.29, 0.717) is 5.54 Å². The van der Waals surface area contributed by atoms with Crippen LogP contribution in [0.5, 0.6) is 0 Å². The molecule has 22 heavy (non-hydrogen) atoms. The minimum absolute atomic E-state index is 0.373. The lowest BCUT2D eigenvalue weighted by molar-refractivity contribution is -0.238. The summed E-state index contributed by atoms with van der Waals surface area (Å²) in [6.45, 7) is 9.09. The molecule has 4 fully saturated rings. The van der Waals surface area contributed by atoms with Gasteiger partial charge in [-0.1, -0.05) is 6.08 Å². The monoisotopic (exact) mass is 303 g/mol. The van der Waals surface area contributed by atoms with E-state index < -0.39 is 0 Å². The molecule has 1 N–H and O–H groups in total. The molecule has 4 aliphatic carbocycles. The van der Waals surface area contributed by atoms with Gasteiger partial charge < -0.3 is 5.32 Å². The summed E-state index contributed by atoms with van der Waals surface area (Å²) in [4.78, 5) is 0. The first-order valence-electron chi connectivity index (χ1n) is 9.15. The van der Waals surface area contributed by atoms with E-state index in [2.05, 4.69) is 25.2 Å². The first-order chi connectivity index (χ1) is 10.2. The molecule has 123 valence electrons.